The molecule has 0 bridgehead atoms. The summed E-state index contributed by atoms with van der Waals surface area (Å²) in [6.45, 7) is 2.96. The van der Waals surface area contributed by atoms with E-state index in [2.05, 4.69) is 10.2 Å². The zero-order chi connectivity index (χ0) is 21.2. The van der Waals surface area contributed by atoms with E-state index in [0.717, 1.165) is 12.1 Å². The largest absolute Gasteiger partial charge is 0.416 e. The van der Waals surface area contributed by atoms with Gasteiger partial charge in [0.1, 0.15) is 5.69 Å². The zero-order valence-corrected chi connectivity index (χ0v) is 15.4. The molecule has 0 radical (unpaired) electrons. The van der Waals surface area contributed by atoms with Crippen molar-refractivity contribution in [1.29, 1.82) is 0 Å². The highest BCUT2D eigenvalue weighted by Crippen LogP contribution is 2.36. The molecule has 9 nitrogen and oxygen atoms in total. The van der Waals surface area contributed by atoms with Crippen LogP contribution in [0, 0.1) is 10.1 Å². The maximum Gasteiger partial charge on any atom is 0.416 e. The van der Waals surface area contributed by atoms with Gasteiger partial charge in [0.05, 0.1) is 17.0 Å². The van der Waals surface area contributed by atoms with Crippen molar-refractivity contribution in [3.05, 3.63) is 33.9 Å². The molecule has 0 unspecified atom stereocenters. The smallest absolute Gasteiger partial charge is 0.363 e. The Hall–Kier alpha value is -2.89. The van der Waals surface area contributed by atoms with Crippen molar-refractivity contribution >= 4 is 23.3 Å². The highest BCUT2D eigenvalue weighted by Gasteiger charge is 2.34. The second-order valence-corrected chi connectivity index (χ2v) is 6.84. The number of benzene rings is 1. The van der Waals surface area contributed by atoms with E-state index in [0.29, 0.717) is 51.8 Å². The SMILES string of the molecule is O=C1CNC(=O)N1CCCN1CCN(c2ccc(C(F)(F)F)cc2[N+](=O)[O-])CC1. The van der Waals surface area contributed by atoms with Crippen LogP contribution in [0.3, 0.4) is 0 Å². The van der Waals surface area contributed by atoms with Gasteiger partial charge in [0.2, 0.25) is 5.91 Å². The van der Waals surface area contributed by atoms with Crippen LogP contribution in [0.15, 0.2) is 18.2 Å². The van der Waals surface area contributed by atoms with Crippen molar-refractivity contribution in [3.8, 4) is 0 Å². The first-order chi connectivity index (χ1) is 13.7. The lowest BCUT2D eigenvalue weighted by Crippen LogP contribution is -2.47. The number of alkyl halides is 3. The molecule has 1 N–H and O–H groups in total. The Balaban J connectivity index is 1.56. The molecular formula is C17H20F3N5O4. The number of hydrogen-bond donors (Lipinski definition) is 1. The summed E-state index contributed by atoms with van der Waals surface area (Å²) in [7, 11) is 0. The monoisotopic (exact) mass is 415 g/mol. The van der Waals surface area contributed by atoms with E-state index in [1.807, 2.05) is 0 Å². The third kappa shape index (κ3) is 4.75. The number of anilines is 1. The molecule has 29 heavy (non-hydrogen) atoms. The van der Waals surface area contributed by atoms with Gasteiger partial charge in [-0.05, 0) is 25.1 Å². The summed E-state index contributed by atoms with van der Waals surface area (Å²) < 4.78 is 38.5. The number of nitro benzene ring substituents is 1. The van der Waals surface area contributed by atoms with Gasteiger partial charge in [0, 0.05) is 38.8 Å². The van der Waals surface area contributed by atoms with Gasteiger partial charge in [-0.15, -0.1) is 0 Å². The maximum absolute atomic E-state index is 12.8. The predicted octanol–water partition coefficient (Wildman–Crippen LogP) is 1.68. The van der Waals surface area contributed by atoms with Crippen LogP contribution < -0.4 is 10.2 Å². The third-order valence-corrected chi connectivity index (χ3v) is 5.01. The summed E-state index contributed by atoms with van der Waals surface area (Å²) in [6, 6.07) is 2.18. The lowest BCUT2D eigenvalue weighted by atomic mass is 10.1. The van der Waals surface area contributed by atoms with Gasteiger partial charge in [0.25, 0.3) is 5.69 Å². The Labute approximate surface area is 164 Å². The maximum atomic E-state index is 12.8. The number of halogens is 3. The van der Waals surface area contributed by atoms with E-state index in [9.17, 15) is 32.9 Å². The molecule has 1 aromatic rings. The molecular weight excluding hydrogens is 395 g/mol. The van der Waals surface area contributed by atoms with E-state index in [1.165, 1.54) is 4.90 Å². The number of hydrogen-bond acceptors (Lipinski definition) is 6. The normalized spacial score (nSPS) is 18.3. The molecule has 3 rings (SSSR count). The second-order valence-electron chi connectivity index (χ2n) is 6.84. The van der Waals surface area contributed by atoms with E-state index in [1.54, 1.807) is 4.90 Å². The predicted molar refractivity (Wildman–Crippen MR) is 96.5 cm³/mol. The number of nitrogens with one attached hydrogen (secondary N) is 1. The van der Waals surface area contributed by atoms with Crippen LogP contribution in [0.1, 0.15) is 12.0 Å². The summed E-state index contributed by atoms with van der Waals surface area (Å²) >= 11 is 0. The number of piperazine rings is 1. The Bertz CT molecular complexity index is 793. The first-order valence-corrected chi connectivity index (χ1v) is 9.08. The lowest BCUT2D eigenvalue weighted by molar-refractivity contribution is -0.384. The average molecular weight is 415 g/mol. The minimum atomic E-state index is -4.64. The second kappa shape index (κ2) is 8.23. The number of imide groups is 1. The van der Waals surface area contributed by atoms with Crippen LogP contribution in [-0.2, 0) is 11.0 Å². The van der Waals surface area contributed by atoms with E-state index in [4.69, 9.17) is 0 Å². The van der Waals surface area contributed by atoms with Crippen LogP contribution in [0.4, 0.5) is 29.3 Å². The van der Waals surface area contributed by atoms with E-state index < -0.39 is 28.4 Å². The number of nitrogens with zero attached hydrogens (tertiary/aromatic N) is 4. The summed E-state index contributed by atoms with van der Waals surface area (Å²) in [5.74, 6) is -0.255. The topological polar surface area (TPSA) is 99.0 Å². The molecule has 2 aliphatic heterocycles. The van der Waals surface area contributed by atoms with Crippen molar-refractivity contribution in [3.63, 3.8) is 0 Å². The minimum Gasteiger partial charge on any atom is -0.363 e. The van der Waals surface area contributed by atoms with Gasteiger partial charge in [-0.1, -0.05) is 0 Å². The van der Waals surface area contributed by atoms with E-state index in [-0.39, 0.29) is 18.1 Å². The van der Waals surface area contributed by atoms with Crippen molar-refractivity contribution < 1.29 is 27.7 Å². The number of carbonyl (C=O) groups excluding carboxylic acids is 2. The average Bonchev–Trinajstić information content (AvgIpc) is 2.99. The zero-order valence-electron chi connectivity index (χ0n) is 15.4. The molecule has 0 saturated carbocycles. The fraction of sp³-hybridized carbons (Fsp3) is 0.529. The summed E-state index contributed by atoms with van der Waals surface area (Å²) in [4.78, 5) is 38.4. The Morgan fingerprint density at radius 1 is 1.10 bits per heavy atom. The number of urea groups is 1. The van der Waals surface area contributed by atoms with Crippen molar-refractivity contribution in [2.75, 3.05) is 50.7 Å². The van der Waals surface area contributed by atoms with Gasteiger partial charge in [0.15, 0.2) is 0 Å². The van der Waals surface area contributed by atoms with Gasteiger partial charge >= 0.3 is 12.2 Å². The molecule has 2 fully saturated rings. The molecule has 0 spiro atoms. The number of nitro groups is 1. The van der Waals surface area contributed by atoms with Gasteiger partial charge in [-0.2, -0.15) is 13.2 Å². The molecule has 0 atom stereocenters. The third-order valence-electron chi connectivity index (χ3n) is 5.01. The highest BCUT2D eigenvalue weighted by atomic mass is 19.4. The van der Waals surface area contributed by atoms with Crippen molar-refractivity contribution in [2.24, 2.45) is 0 Å². The van der Waals surface area contributed by atoms with Crippen LogP contribution in [0.2, 0.25) is 0 Å². The minimum absolute atomic E-state index is 0.0173. The number of rotatable bonds is 6. The van der Waals surface area contributed by atoms with Crippen molar-refractivity contribution in [1.82, 2.24) is 15.1 Å². The molecule has 2 heterocycles. The summed E-state index contributed by atoms with van der Waals surface area (Å²) in [6.07, 6.45) is -4.05. The molecule has 2 aliphatic rings. The molecule has 12 heteroatoms. The van der Waals surface area contributed by atoms with Crippen molar-refractivity contribution in [2.45, 2.75) is 12.6 Å². The van der Waals surface area contributed by atoms with Crippen LogP contribution >= 0.6 is 0 Å². The van der Waals surface area contributed by atoms with Gasteiger partial charge < -0.3 is 10.2 Å². The van der Waals surface area contributed by atoms with Gasteiger partial charge in [-0.25, -0.2) is 4.79 Å². The fourth-order valence-electron chi connectivity index (χ4n) is 3.46. The summed E-state index contributed by atoms with van der Waals surface area (Å²) in [5.41, 5.74) is -1.44. The lowest BCUT2D eigenvalue weighted by Gasteiger charge is -2.36. The molecule has 1 aromatic carbocycles. The van der Waals surface area contributed by atoms with Crippen LogP contribution in [0.25, 0.3) is 0 Å². The highest BCUT2D eigenvalue weighted by molar-refractivity contribution is 6.01. The van der Waals surface area contributed by atoms with Crippen LogP contribution in [0.5, 0.6) is 0 Å². The van der Waals surface area contributed by atoms with Crippen LogP contribution in [-0.4, -0.2) is 72.5 Å². The quantitative estimate of drug-likeness (QED) is 0.431. The molecule has 158 valence electrons. The first-order valence-electron chi connectivity index (χ1n) is 9.08. The summed E-state index contributed by atoms with van der Waals surface area (Å²) in [5, 5.41) is 13.7. The Morgan fingerprint density at radius 3 is 2.34 bits per heavy atom. The number of carbonyl (C=O) groups is 2. The molecule has 2 saturated heterocycles. The Kier molecular flexibility index (Phi) is 5.91. The standard InChI is InChI=1S/C17H20F3N5O4/c18-17(19,20)12-2-3-13(14(10-12)25(28)29)23-8-6-22(7-9-23)4-1-5-24-15(26)11-21-16(24)27/h2-3,10H,1,4-9,11H2,(H,21,27). The molecule has 0 aliphatic carbocycles. The van der Waals surface area contributed by atoms with E-state index >= 15 is 0 Å². The fourth-order valence-corrected chi connectivity index (χ4v) is 3.46. The molecule has 3 amide bonds. The number of amides is 3. The Morgan fingerprint density at radius 2 is 1.79 bits per heavy atom. The molecule has 0 aromatic heterocycles. The van der Waals surface area contributed by atoms with Gasteiger partial charge in [-0.3, -0.25) is 24.7 Å². The first kappa shape index (κ1) is 20.8.